The van der Waals surface area contributed by atoms with E-state index in [4.69, 9.17) is 23.2 Å². The van der Waals surface area contributed by atoms with Gasteiger partial charge < -0.3 is 5.32 Å². The molecule has 0 saturated heterocycles. The van der Waals surface area contributed by atoms with Crippen LogP contribution in [0, 0.1) is 12.7 Å². The van der Waals surface area contributed by atoms with Crippen molar-refractivity contribution in [3.8, 4) is 0 Å². The third-order valence-electron chi connectivity index (χ3n) is 3.94. The first-order valence-electron chi connectivity index (χ1n) is 8.31. The number of amides is 1. The van der Waals surface area contributed by atoms with E-state index in [0.717, 1.165) is 17.7 Å². The molecule has 150 valence electrons. The minimum Gasteiger partial charge on any atom is -0.319 e. The second kappa shape index (κ2) is 8.41. The molecule has 0 radical (unpaired) electrons. The Hall–Kier alpha value is -2.61. The molecule has 0 spiro atoms. The van der Waals surface area contributed by atoms with Crippen molar-refractivity contribution in [2.75, 3.05) is 10.0 Å². The molecule has 0 aliphatic heterocycles. The van der Waals surface area contributed by atoms with Gasteiger partial charge in [-0.3, -0.25) is 9.52 Å². The highest BCUT2D eigenvalue weighted by Crippen LogP contribution is 2.25. The van der Waals surface area contributed by atoms with Crippen LogP contribution in [0.25, 0.3) is 0 Å². The zero-order valence-electron chi connectivity index (χ0n) is 15.0. The van der Waals surface area contributed by atoms with Crippen LogP contribution in [0.4, 0.5) is 15.8 Å². The number of sulfonamides is 1. The smallest absolute Gasteiger partial charge is 0.261 e. The minimum atomic E-state index is -3.97. The summed E-state index contributed by atoms with van der Waals surface area (Å²) in [5.41, 5.74) is 1.04. The van der Waals surface area contributed by atoms with Gasteiger partial charge in [-0.2, -0.15) is 0 Å². The Morgan fingerprint density at radius 3 is 2.45 bits per heavy atom. The van der Waals surface area contributed by atoms with Gasteiger partial charge in [-0.05, 0) is 61.0 Å². The summed E-state index contributed by atoms with van der Waals surface area (Å²) in [6.07, 6.45) is 0. The molecule has 3 rings (SSSR count). The number of nitrogens with one attached hydrogen (secondary N) is 2. The van der Waals surface area contributed by atoms with E-state index in [-0.39, 0.29) is 26.2 Å². The summed E-state index contributed by atoms with van der Waals surface area (Å²) in [5, 5.41) is 2.55. The van der Waals surface area contributed by atoms with E-state index in [9.17, 15) is 17.6 Å². The monoisotopic (exact) mass is 452 g/mol. The second-order valence-electron chi connectivity index (χ2n) is 6.19. The first-order valence-corrected chi connectivity index (χ1v) is 10.5. The van der Waals surface area contributed by atoms with Crippen molar-refractivity contribution in [1.82, 2.24) is 0 Å². The maximum Gasteiger partial charge on any atom is 0.261 e. The van der Waals surface area contributed by atoms with E-state index < -0.39 is 21.7 Å². The van der Waals surface area contributed by atoms with Gasteiger partial charge in [0.15, 0.2) is 0 Å². The Morgan fingerprint density at radius 1 is 1.00 bits per heavy atom. The van der Waals surface area contributed by atoms with Gasteiger partial charge in [-0.15, -0.1) is 0 Å². The summed E-state index contributed by atoms with van der Waals surface area (Å²) in [7, 11) is -3.97. The molecule has 5 nitrogen and oxygen atoms in total. The molecule has 0 bridgehead atoms. The zero-order valence-corrected chi connectivity index (χ0v) is 17.4. The molecule has 3 aromatic carbocycles. The van der Waals surface area contributed by atoms with Crippen molar-refractivity contribution in [2.45, 2.75) is 11.8 Å². The fourth-order valence-electron chi connectivity index (χ4n) is 2.55. The number of benzene rings is 3. The van der Waals surface area contributed by atoms with Crippen molar-refractivity contribution in [1.29, 1.82) is 0 Å². The normalized spacial score (nSPS) is 11.2. The summed E-state index contributed by atoms with van der Waals surface area (Å²) in [4.78, 5) is 12.4. The Kier molecular flexibility index (Phi) is 6.12. The van der Waals surface area contributed by atoms with Crippen LogP contribution in [0.3, 0.4) is 0 Å². The second-order valence-corrected chi connectivity index (χ2v) is 8.72. The van der Waals surface area contributed by atoms with Crippen LogP contribution in [-0.4, -0.2) is 14.3 Å². The van der Waals surface area contributed by atoms with Gasteiger partial charge in [-0.1, -0.05) is 35.3 Å². The molecule has 9 heteroatoms. The number of carbonyl (C=O) groups excluding carboxylic acids is 1. The van der Waals surface area contributed by atoms with Crippen LogP contribution in [0.2, 0.25) is 10.0 Å². The quantitative estimate of drug-likeness (QED) is 0.536. The number of carbonyl (C=O) groups is 1. The van der Waals surface area contributed by atoms with Crippen molar-refractivity contribution in [3.63, 3.8) is 0 Å². The molecule has 0 atom stereocenters. The average Bonchev–Trinajstić information content (AvgIpc) is 2.63. The van der Waals surface area contributed by atoms with Gasteiger partial charge in [0.25, 0.3) is 15.9 Å². The number of hydrogen-bond acceptors (Lipinski definition) is 3. The average molecular weight is 453 g/mol. The summed E-state index contributed by atoms with van der Waals surface area (Å²) in [6.45, 7) is 1.83. The van der Waals surface area contributed by atoms with E-state index in [1.54, 1.807) is 18.2 Å². The first-order chi connectivity index (χ1) is 13.7. The fraction of sp³-hybridized carbons (Fsp3) is 0.0500. The Labute approximate surface area is 177 Å². The third-order valence-corrected chi connectivity index (χ3v) is 5.89. The Bertz CT molecular complexity index is 1200. The molecular weight excluding hydrogens is 438 g/mol. The van der Waals surface area contributed by atoms with E-state index >= 15 is 0 Å². The van der Waals surface area contributed by atoms with Gasteiger partial charge in [0.05, 0.1) is 21.2 Å². The van der Waals surface area contributed by atoms with Crippen LogP contribution in [0.5, 0.6) is 0 Å². The maximum atomic E-state index is 13.9. The predicted molar refractivity (Wildman–Crippen MR) is 113 cm³/mol. The van der Waals surface area contributed by atoms with Crippen molar-refractivity contribution < 1.29 is 17.6 Å². The van der Waals surface area contributed by atoms with Crippen molar-refractivity contribution in [2.24, 2.45) is 0 Å². The lowest BCUT2D eigenvalue weighted by Gasteiger charge is -2.12. The fourth-order valence-corrected chi connectivity index (χ4v) is 3.99. The molecule has 0 fully saturated rings. The molecule has 3 aromatic rings. The number of aryl methyl sites for hydroxylation is 1. The summed E-state index contributed by atoms with van der Waals surface area (Å²) in [5.74, 6) is -1.49. The molecule has 2 N–H and O–H groups in total. The van der Waals surface area contributed by atoms with Crippen LogP contribution in [-0.2, 0) is 10.0 Å². The van der Waals surface area contributed by atoms with Gasteiger partial charge in [0.2, 0.25) is 0 Å². The first kappa shape index (κ1) is 21.1. The Morgan fingerprint density at radius 2 is 1.76 bits per heavy atom. The number of rotatable bonds is 5. The highest BCUT2D eigenvalue weighted by atomic mass is 35.5. The van der Waals surface area contributed by atoms with Crippen LogP contribution in [0.1, 0.15) is 15.9 Å². The van der Waals surface area contributed by atoms with Gasteiger partial charge in [0, 0.05) is 10.7 Å². The molecule has 1 amide bonds. The SMILES string of the molecule is Cc1cccc(NS(=O)(=O)c2ccc(Cl)c(C(=O)Nc3ccc(Cl)cc3F)c2)c1. The van der Waals surface area contributed by atoms with Gasteiger partial charge >= 0.3 is 0 Å². The van der Waals surface area contributed by atoms with Crippen molar-refractivity contribution in [3.05, 3.63) is 87.7 Å². The van der Waals surface area contributed by atoms with E-state index in [1.165, 1.54) is 24.3 Å². The molecule has 0 heterocycles. The lowest BCUT2D eigenvalue weighted by atomic mass is 10.2. The topological polar surface area (TPSA) is 75.3 Å². The Balaban J connectivity index is 1.89. The minimum absolute atomic E-state index is 0.0198. The number of hydrogen-bond donors (Lipinski definition) is 2. The maximum absolute atomic E-state index is 13.9. The molecule has 0 aromatic heterocycles. The zero-order chi connectivity index (χ0) is 21.2. The van der Waals surface area contributed by atoms with Crippen LogP contribution < -0.4 is 10.0 Å². The van der Waals surface area contributed by atoms with Gasteiger partial charge in [0.1, 0.15) is 5.82 Å². The molecule has 0 saturated carbocycles. The molecule has 0 unspecified atom stereocenters. The van der Waals surface area contributed by atoms with Gasteiger partial charge in [-0.25, -0.2) is 12.8 Å². The van der Waals surface area contributed by atoms with Crippen LogP contribution in [0.15, 0.2) is 65.6 Å². The molecule has 29 heavy (non-hydrogen) atoms. The van der Waals surface area contributed by atoms with E-state index in [2.05, 4.69) is 10.0 Å². The largest absolute Gasteiger partial charge is 0.319 e. The lowest BCUT2D eigenvalue weighted by molar-refractivity contribution is 0.102. The summed E-state index contributed by atoms with van der Waals surface area (Å²) in [6, 6.07) is 14.3. The highest BCUT2D eigenvalue weighted by molar-refractivity contribution is 7.92. The highest BCUT2D eigenvalue weighted by Gasteiger charge is 2.20. The van der Waals surface area contributed by atoms with E-state index in [1.807, 2.05) is 13.0 Å². The standard InChI is InChI=1S/C20H15Cl2FN2O3S/c1-12-3-2-4-14(9-12)25-29(27,28)15-6-7-17(22)16(11-15)20(26)24-19-8-5-13(21)10-18(19)23/h2-11,25H,1H3,(H,24,26). The van der Waals surface area contributed by atoms with E-state index in [0.29, 0.717) is 5.69 Å². The summed E-state index contributed by atoms with van der Waals surface area (Å²) < 4.78 is 41.8. The third kappa shape index (κ3) is 5.06. The van der Waals surface area contributed by atoms with Crippen molar-refractivity contribution >= 4 is 50.5 Å². The molecule has 0 aliphatic carbocycles. The number of halogens is 3. The predicted octanol–water partition coefficient (Wildman–Crippen LogP) is 5.49. The van der Waals surface area contributed by atoms with Crippen LogP contribution >= 0.6 is 23.2 Å². The lowest BCUT2D eigenvalue weighted by Crippen LogP contribution is -2.17. The summed E-state index contributed by atoms with van der Waals surface area (Å²) >= 11 is 11.8. The molecule has 0 aliphatic rings. The molecular formula is C20H15Cl2FN2O3S. The number of anilines is 2.